The first-order valence-corrected chi connectivity index (χ1v) is 5.13. The maximum absolute atomic E-state index is 11.5. The summed E-state index contributed by atoms with van der Waals surface area (Å²) in [6.07, 6.45) is 1.51. The van der Waals surface area contributed by atoms with Gasteiger partial charge in [0.25, 0.3) is 0 Å². The fourth-order valence-electron chi connectivity index (χ4n) is 1.35. The molecule has 0 atom stereocenters. The number of halogens is 1. The van der Waals surface area contributed by atoms with Crippen LogP contribution in [0.3, 0.4) is 0 Å². The van der Waals surface area contributed by atoms with Crippen LogP contribution >= 0.6 is 11.6 Å². The summed E-state index contributed by atoms with van der Waals surface area (Å²) < 4.78 is 4.67. The maximum atomic E-state index is 11.5. The Hall–Kier alpha value is -1.48. The van der Waals surface area contributed by atoms with Gasteiger partial charge in [0.15, 0.2) is 0 Å². The molecule has 0 saturated carbocycles. The molecule has 0 bridgehead atoms. The van der Waals surface area contributed by atoms with Crippen LogP contribution in [-0.2, 0) is 11.2 Å². The molecule has 16 heavy (non-hydrogen) atoms. The number of rotatable bonds is 3. The molecular weight excluding hydrogens is 228 g/mol. The van der Waals surface area contributed by atoms with Crippen molar-refractivity contribution in [1.29, 1.82) is 0 Å². The molecular formula is C12H13ClO3. The van der Waals surface area contributed by atoms with E-state index in [1.165, 1.54) is 7.11 Å². The van der Waals surface area contributed by atoms with E-state index in [-0.39, 0.29) is 0 Å². The molecule has 0 aliphatic rings. The Labute approximate surface area is 99.3 Å². The lowest BCUT2D eigenvalue weighted by Crippen LogP contribution is -2.06. The molecule has 1 rings (SSSR count). The van der Waals surface area contributed by atoms with Crippen LogP contribution in [0.2, 0.25) is 5.02 Å². The van der Waals surface area contributed by atoms with Crippen molar-refractivity contribution in [1.82, 2.24) is 0 Å². The van der Waals surface area contributed by atoms with E-state index >= 15 is 0 Å². The summed E-state index contributed by atoms with van der Waals surface area (Å²) >= 11 is 5.82. The number of ether oxygens (including phenoxy) is 1. The molecule has 4 heteroatoms. The Morgan fingerprint density at radius 1 is 1.56 bits per heavy atom. The summed E-state index contributed by atoms with van der Waals surface area (Å²) in [6.45, 7) is 1.77. The molecule has 1 N–H and O–H groups in total. The smallest absolute Gasteiger partial charge is 0.338 e. The van der Waals surface area contributed by atoms with E-state index in [9.17, 15) is 4.79 Å². The zero-order valence-corrected chi connectivity index (χ0v) is 9.91. The first-order valence-electron chi connectivity index (χ1n) is 4.75. The number of hydrogen-bond donors (Lipinski definition) is 1. The molecule has 0 amide bonds. The number of esters is 1. The van der Waals surface area contributed by atoms with Crippen molar-refractivity contribution >= 4 is 17.6 Å². The summed E-state index contributed by atoms with van der Waals surface area (Å²) in [5.41, 5.74) is 1.96. The van der Waals surface area contributed by atoms with Gasteiger partial charge in [-0.15, -0.1) is 0 Å². The highest BCUT2D eigenvalue weighted by Gasteiger charge is 2.12. The summed E-state index contributed by atoms with van der Waals surface area (Å²) in [5.74, 6) is -0.428. The van der Waals surface area contributed by atoms with Crippen LogP contribution in [0.25, 0.3) is 0 Å². The minimum absolute atomic E-state index is 0.427. The Morgan fingerprint density at radius 2 is 2.25 bits per heavy atom. The lowest BCUT2D eigenvalue weighted by molar-refractivity contribution is 0.0599. The average Bonchev–Trinajstić information content (AvgIpc) is 2.30. The molecule has 0 radical (unpaired) electrons. The second-order valence-electron chi connectivity index (χ2n) is 3.45. The largest absolute Gasteiger partial charge is 0.516 e. The second-order valence-corrected chi connectivity index (χ2v) is 3.88. The van der Waals surface area contributed by atoms with Crippen LogP contribution in [0.4, 0.5) is 0 Å². The maximum Gasteiger partial charge on any atom is 0.338 e. The highest BCUT2D eigenvalue weighted by molar-refractivity contribution is 6.31. The number of carbonyl (C=O) groups is 1. The summed E-state index contributed by atoms with van der Waals surface area (Å²) in [6, 6.07) is 5.02. The molecule has 86 valence electrons. The van der Waals surface area contributed by atoms with E-state index in [1.807, 2.05) is 0 Å². The van der Waals surface area contributed by atoms with E-state index in [4.69, 9.17) is 16.7 Å². The normalized spacial score (nSPS) is 11.3. The first kappa shape index (κ1) is 12.6. The van der Waals surface area contributed by atoms with Crippen molar-refractivity contribution in [2.75, 3.05) is 7.11 Å². The zero-order valence-electron chi connectivity index (χ0n) is 9.16. The molecule has 3 nitrogen and oxygen atoms in total. The van der Waals surface area contributed by atoms with Crippen molar-refractivity contribution in [2.24, 2.45) is 0 Å². The molecule has 0 fully saturated rings. The van der Waals surface area contributed by atoms with Gasteiger partial charge in [-0.1, -0.05) is 17.7 Å². The quantitative estimate of drug-likeness (QED) is 0.652. The summed E-state index contributed by atoms with van der Waals surface area (Å²) in [4.78, 5) is 11.5. The fourth-order valence-corrected chi connectivity index (χ4v) is 1.52. The lowest BCUT2D eigenvalue weighted by atomic mass is 10.0. The van der Waals surface area contributed by atoms with Gasteiger partial charge in [0.2, 0.25) is 0 Å². The van der Waals surface area contributed by atoms with Gasteiger partial charge in [0, 0.05) is 5.02 Å². The SMILES string of the molecule is COC(=O)c1cc(Cl)ccc1CC(C)=CO. The highest BCUT2D eigenvalue weighted by atomic mass is 35.5. The predicted octanol–water partition coefficient (Wildman–Crippen LogP) is 3.13. The van der Waals surface area contributed by atoms with Gasteiger partial charge >= 0.3 is 5.97 Å². The van der Waals surface area contributed by atoms with Crippen molar-refractivity contribution < 1.29 is 14.6 Å². The monoisotopic (exact) mass is 240 g/mol. The van der Waals surface area contributed by atoms with Crippen LogP contribution in [0, 0.1) is 0 Å². The fraction of sp³-hybridized carbons (Fsp3) is 0.250. The first-order chi connectivity index (χ1) is 7.58. The Kier molecular flexibility index (Phi) is 4.38. The van der Waals surface area contributed by atoms with Crippen LogP contribution in [0.5, 0.6) is 0 Å². The molecule has 0 heterocycles. The Bertz CT molecular complexity index is 424. The molecule has 0 spiro atoms. The van der Waals surface area contributed by atoms with E-state index in [2.05, 4.69) is 4.74 Å². The number of carbonyl (C=O) groups excluding carboxylic acids is 1. The van der Waals surface area contributed by atoms with Gasteiger partial charge in [-0.3, -0.25) is 0 Å². The van der Waals surface area contributed by atoms with Crippen LogP contribution < -0.4 is 0 Å². The van der Waals surface area contributed by atoms with Gasteiger partial charge in [0.1, 0.15) is 0 Å². The zero-order chi connectivity index (χ0) is 12.1. The molecule has 0 aliphatic carbocycles. The molecule has 0 aromatic heterocycles. The van der Waals surface area contributed by atoms with Crippen molar-refractivity contribution in [3.63, 3.8) is 0 Å². The Balaban J connectivity index is 3.12. The lowest BCUT2D eigenvalue weighted by Gasteiger charge is -2.08. The molecule has 1 aromatic rings. The topological polar surface area (TPSA) is 46.5 Å². The van der Waals surface area contributed by atoms with Crippen molar-refractivity contribution in [3.05, 3.63) is 46.2 Å². The third kappa shape index (κ3) is 3.00. The van der Waals surface area contributed by atoms with E-state index < -0.39 is 5.97 Å². The van der Waals surface area contributed by atoms with E-state index in [0.29, 0.717) is 17.0 Å². The molecule has 1 aromatic carbocycles. The third-order valence-corrected chi connectivity index (χ3v) is 2.40. The van der Waals surface area contributed by atoms with E-state index in [0.717, 1.165) is 17.4 Å². The van der Waals surface area contributed by atoms with E-state index in [1.54, 1.807) is 25.1 Å². The van der Waals surface area contributed by atoms with Crippen molar-refractivity contribution in [2.45, 2.75) is 13.3 Å². The summed E-state index contributed by atoms with van der Waals surface area (Å²) in [5, 5.41) is 9.31. The van der Waals surface area contributed by atoms with Gasteiger partial charge in [0.05, 0.1) is 18.9 Å². The second kappa shape index (κ2) is 5.56. The number of aliphatic hydroxyl groups is 1. The standard InChI is InChI=1S/C12H13ClO3/c1-8(7-14)5-9-3-4-10(13)6-11(9)12(15)16-2/h3-4,6-7,14H,5H2,1-2H3. The van der Waals surface area contributed by atoms with Crippen molar-refractivity contribution in [3.8, 4) is 0 Å². The van der Waals surface area contributed by atoms with Crippen LogP contribution in [0.1, 0.15) is 22.8 Å². The predicted molar refractivity (Wildman–Crippen MR) is 62.9 cm³/mol. The minimum Gasteiger partial charge on any atom is -0.516 e. The average molecular weight is 241 g/mol. The number of allylic oxidation sites excluding steroid dienone is 1. The Morgan fingerprint density at radius 3 is 2.81 bits per heavy atom. The molecule has 0 saturated heterocycles. The minimum atomic E-state index is -0.428. The number of methoxy groups -OCH3 is 1. The third-order valence-electron chi connectivity index (χ3n) is 2.17. The van der Waals surface area contributed by atoms with Crippen LogP contribution in [-0.4, -0.2) is 18.2 Å². The number of benzene rings is 1. The molecule has 0 aliphatic heterocycles. The number of hydrogen-bond acceptors (Lipinski definition) is 3. The van der Waals surface area contributed by atoms with Crippen LogP contribution in [0.15, 0.2) is 30.0 Å². The summed E-state index contributed by atoms with van der Waals surface area (Å²) in [7, 11) is 1.32. The van der Waals surface area contributed by atoms with Gasteiger partial charge in [-0.2, -0.15) is 0 Å². The van der Waals surface area contributed by atoms with Gasteiger partial charge in [-0.05, 0) is 36.6 Å². The van der Waals surface area contributed by atoms with Gasteiger partial charge in [-0.25, -0.2) is 4.79 Å². The molecule has 0 unspecified atom stereocenters. The number of aliphatic hydroxyl groups excluding tert-OH is 1. The van der Waals surface area contributed by atoms with Gasteiger partial charge < -0.3 is 9.84 Å². The highest BCUT2D eigenvalue weighted by Crippen LogP contribution is 2.19.